The molecule has 0 bridgehead atoms. The fraction of sp³-hybridized carbons (Fsp3) is 0.353. The van der Waals surface area contributed by atoms with E-state index in [0.29, 0.717) is 6.07 Å². The molecule has 1 atom stereocenters. The van der Waals surface area contributed by atoms with E-state index in [-0.39, 0.29) is 16.5 Å². The highest BCUT2D eigenvalue weighted by Gasteiger charge is 2.23. The Morgan fingerprint density at radius 1 is 1.20 bits per heavy atom. The van der Waals surface area contributed by atoms with Gasteiger partial charge in [0.1, 0.15) is 23.2 Å². The molecular weight excluding hydrogens is 332 g/mol. The van der Waals surface area contributed by atoms with Crippen LogP contribution in [0.2, 0.25) is 0 Å². The number of carbonyl (C=O) groups excluding carboxylic acids is 2. The van der Waals surface area contributed by atoms with Crippen LogP contribution in [0.4, 0.5) is 8.78 Å². The van der Waals surface area contributed by atoms with Gasteiger partial charge in [-0.1, -0.05) is 0 Å². The molecule has 0 fully saturated rings. The van der Waals surface area contributed by atoms with E-state index in [0.717, 1.165) is 12.3 Å². The molecule has 8 heteroatoms. The fourth-order valence-electron chi connectivity index (χ4n) is 2.24. The lowest BCUT2D eigenvalue weighted by Crippen LogP contribution is -2.51. The molecule has 1 heterocycles. The molecule has 0 aliphatic carbocycles. The van der Waals surface area contributed by atoms with Crippen LogP contribution >= 0.6 is 0 Å². The predicted octanol–water partition coefficient (Wildman–Crippen LogP) is 1.84. The second-order valence-electron chi connectivity index (χ2n) is 6.78. The number of aromatic amines is 1. The summed E-state index contributed by atoms with van der Waals surface area (Å²) in [4.78, 5) is 39.1. The Morgan fingerprint density at radius 3 is 2.44 bits per heavy atom. The Labute approximate surface area is 142 Å². The highest BCUT2D eigenvalue weighted by molar-refractivity contribution is 5.99. The van der Waals surface area contributed by atoms with E-state index >= 15 is 0 Å². The zero-order valence-electron chi connectivity index (χ0n) is 14.3. The largest absolute Gasteiger partial charge is 0.358 e. The number of pyridine rings is 1. The van der Waals surface area contributed by atoms with Gasteiger partial charge in [-0.2, -0.15) is 0 Å². The van der Waals surface area contributed by atoms with E-state index < -0.39 is 40.5 Å². The summed E-state index contributed by atoms with van der Waals surface area (Å²) in [7, 11) is 0. The lowest BCUT2D eigenvalue weighted by atomic mass is 10.1. The van der Waals surface area contributed by atoms with Crippen molar-refractivity contribution in [1.82, 2.24) is 15.6 Å². The molecule has 0 aliphatic rings. The number of carbonyl (C=O) groups is 2. The average molecular weight is 351 g/mol. The summed E-state index contributed by atoms with van der Waals surface area (Å²) in [6.07, 6.45) is 1.04. The quantitative estimate of drug-likeness (QED) is 0.788. The molecule has 1 aromatic heterocycles. The molecule has 2 rings (SSSR count). The van der Waals surface area contributed by atoms with E-state index in [1.165, 1.54) is 6.92 Å². The van der Waals surface area contributed by atoms with Gasteiger partial charge >= 0.3 is 0 Å². The van der Waals surface area contributed by atoms with Gasteiger partial charge in [-0.05, 0) is 33.8 Å². The van der Waals surface area contributed by atoms with Gasteiger partial charge in [0, 0.05) is 17.8 Å². The van der Waals surface area contributed by atoms with Crippen LogP contribution in [0.5, 0.6) is 0 Å². The van der Waals surface area contributed by atoms with Gasteiger partial charge in [-0.15, -0.1) is 0 Å². The smallest absolute Gasteiger partial charge is 0.257 e. The Kier molecular flexibility index (Phi) is 4.92. The van der Waals surface area contributed by atoms with Crippen molar-refractivity contribution in [2.75, 3.05) is 0 Å². The molecule has 0 spiro atoms. The molecule has 0 saturated heterocycles. The second kappa shape index (κ2) is 6.62. The summed E-state index contributed by atoms with van der Waals surface area (Å²) in [5.74, 6) is -3.09. The summed E-state index contributed by atoms with van der Waals surface area (Å²) in [6.45, 7) is 6.83. The first-order valence-electron chi connectivity index (χ1n) is 7.63. The second-order valence-corrected chi connectivity index (χ2v) is 6.78. The van der Waals surface area contributed by atoms with E-state index in [2.05, 4.69) is 15.6 Å². The van der Waals surface area contributed by atoms with Crippen molar-refractivity contribution < 1.29 is 18.4 Å². The number of hydrogen-bond donors (Lipinski definition) is 3. The molecule has 2 amide bonds. The number of amides is 2. The Morgan fingerprint density at radius 2 is 1.84 bits per heavy atom. The van der Waals surface area contributed by atoms with Gasteiger partial charge < -0.3 is 15.6 Å². The Hall–Kier alpha value is -2.77. The van der Waals surface area contributed by atoms with Crippen LogP contribution in [0.1, 0.15) is 38.1 Å². The lowest BCUT2D eigenvalue weighted by molar-refractivity contribution is -0.124. The summed E-state index contributed by atoms with van der Waals surface area (Å²) in [5.41, 5.74) is -1.84. The van der Waals surface area contributed by atoms with Crippen LogP contribution in [-0.4, -0.2) is 28.4 Å². The third-order valence-electron chi connectivity index (χ3n) is 3.39. The number of benzene rings is 1. The third-order valence-corrected chi connectivity index (χ3v) is 3.39. The minimum Gasteiger partial charge on any atom is -0.358 e. The summed E-state index contributed by atoms with van der Waals surface area (Å²) in [5, 5.41) is 4.81. The monoisotopic (exact) mass is 351 g/mol. The van der Waals surface area contributed by atoms with Gasteiger partial charge in [0.05, 0.1) is 10.9 Å². The summed E-state index contributed by atoms with van der Waals surface area (Å²) < 4.78 is 27.0. The van der Waals surface area contributed by atoms with Crippen molar-refractivity contribution in [3.8, 4) is 0 Å². The topological polar surface area (TPSA) is 91.1 Å². The SMILES string of the molecule is C[C@@H](NC(=O)c1c[nH]c2c(F)cc(F)cc2c1=O)C(=O)NC(C)(C)C. The molecule has 0 unspecified atom stereocenters. The average Bonchev–Trinajstić information content (AvgIpc) is 2.46. The number of nitrogens with one attached hydrogen (secondary N) is 3. The number of rotatable bonds is 3. The zero-order valence-corrected chi connectivity index (χ0v) is 14.3. The van der Waals surface area contributed by atoms with Gasteiger partial charge in [-0.25, -0.2) is 8.78 Å². The van der Waals surface area contributed by atoms with E-state index in [1.54, 1.807) is 20.8 Å². The van der Waals surface area contributed by atoms with Crippen LogP contribution in [0.25, 0.3) is 10.9 Å². The maximum atomic E-state index is 13.7. The molecule has 6 nitrogen and oxygen atoms in total. The number of aromatic nitrogens is 1. The Balaban J connectivity index is 2.30. The highest BCUT2D eigenvalue weighted by Crippen LogP contribution is 2.15. The minimum absolute atomic E-state index is 0.193. The predicted molar refractivity (Wildman–Crippen MR) is 89.3 cm³/mol. The molecule has 25 heavy (non-hydrogen) atoms. The first kappa shape index (κ1) is 18.6. The molecule has 0 saturated carbocycles. The standard InChI is InChI=1S/C17H19F2N3O3/c1-8(15(24)22-17(2,3)4)21-16(25)11-7-20-13-10(14(11)23)5-9(18)6-12(13)19/h5-8H,1-4H3,(H,20,23)(H,21,25)(H,22,24)/t8-/m1/s1. The van der Waals surface area contributed by atoms with Crippen molar-refractivity contribution in [1.29, 1.82) is 0 Å². The first-order valence-corrected chi connectivity index (χ1v) is 7.63. The van der Waals surface area contributed by atoms with E-state index in [4.69, 9.17) is 0 Å². The van der Waals surface area contributed by atoms with Crippen LogP contribution in [-0.2, 0) is 4.79 Å². The van der Waals surface area contributed by atoms with Crippen molar-refractivity contribution in [2.45, 2.75) is 39.3 Å². The van der Waals surface area contributed by atoms with Gasteiger partial charge in [0.2, 0.25) is 11.3 Å². The fourth-order valence-corrected chi connectivity index (χ4v) is 2.24. The maximum absolute atomic E-state index is 13.7. The van der Waals surface area contributed by atoms with E-state index in [9.17, 15) is 23.2 Å². The highest BCUT2D eigenvalue weighted by atomic mass is 19.1. The molecule has 1 aromatic carbocycles. The lowest BCUT2D eigenvalue weighted by Gasteiger charge is -2.23. The van der Waals surface area contributed by atoms with Crippen LogP contribution in [0.15, 0.2) is 23.1 Å². The number of halogens is 2. The zero-order chi connectivity index (χ0) is 18.9. The van der Waals surface area contributed by atoms with Crippen LogP contribution in [0, 0.1) is 11.6 Å². The van der Waals surface area contributed by atoms with Gasteiger partial charge in [-0.3, -0.25) is 14.4 Å². The first-order chi connectivity index (χ1) is 11.5. The third kappa shape index (κ3) is 4.20. The molecule has 2 aromatic rings. The van der Waals surface area contributed by atoms with Crippen molar-refractivity contribution in [2.24, 2.45) is 0 Å². The molecule has 3 N–H and O–H groups in total. The van der Waals surface area contributed by atoms with Gasteiger partial charge in [0.25, 0.3) is 5.91 Å². The molecule has 0 aliphatic heterocycles. The normalized spacial score (nSPS) is 12.7. The summed E-state index contributed by atoms with van der Waals surface area (Å²) in [6, 6.07) is 0.590. The molecular formula is C17H19F2N3O3. The molecule has 134 valence electrons. The van der Waals surface area contributed by atoms with Crippen LogP contribution < -0.4 is 16.1 Å². The maximum Gasteiger partial charge on any atom is 0.257 e. The number of hydrogen-bond acceptors (Lipinski definition) is 3. The minimum atomic E-state index is -0.933. The summed E-state index contributed by atoms with van der Waals surface area (Å²) >= 11 is 0. The number of H-pyrrole nitrogens is 1. The number of fused-ring (bicyclic) bond motifs is 1. The molecule has 0 radical (unpaired) electrons. The van der Waals surface area contributed by atoms with Gasteiger partial charge in [0.15, 0.2) is 0 Å². The van der Waals surface area contributed by atoms with Crippen molar-refractivity contribution in [3.63, 3.8) is 0 Å². The van der Waals surface area contributed by atoms with Crippen LogP contribution in [0.3, 0.4) is 0 Å². The Bertz CT molecular complexity index is 900. The van der Waals surface area contributed by atoms with Crippen molar-refractivity contribution in [3.05, 3.63) is 45.8 Å². The van der Waals surface area contributed by atoms with Crippen molar-refractivity contribution >= 4 is 22.7 Å². The van der Waals surface area contributed by atoms with E-state index in [1.807, 2.05) is 0 Å².